The van der Waals surface area contributed by atoms with E-state index in [1.165, 1.54) is 0 Å². The van der Waals surface area contributed by atoms with E-state index in [1.54, 1.807) is 0 Å². The van der Waals surface area contributed by atoms with Gasteiger partial charge in [-0.2, -0.15) is 0 Å². The molecule has 0 bridgehead atoms. The molecule has 0 aliphatic heterocycles. The Morgan fingerprint density at radius 2 is 2.00 bits per heavy atom. The van der Waals surface area contributed by atoms with Gasteiger partial charge < -0.3 is 10.3 Å². The van der Waals surface area contributed by atoms with Gasteiger partial charge in [-0.3, -0.25) is 0 Å². The van der Waals surface area contributed by atoms with Gasteiger partial charge in [0.25, 0.3) is 0 Å². The predicted octanol–water partition coefficient (Wildman–Crippen LogP) is 4.03. The molecule has 2 N–H and O–H groups in total. The van der Waals surface area contributed by atoms with E-state index in [2.05, 4.69) is 28.0 Å². The molecule has 0 saturated carbocycles. The number of nitrogens with zero attached hydrogens (tertiary/aromatic N) is 1. The van der Waals surface area contributed by atoms with Crippen LogP contribution in [0.4, 0.5) is 5.88 Å². The lowest BCUT2D eigenvalue weighted by molar-refractivity contribution is 0.426. The summed E-state index contributed by atoms with van der Waals surface area (Å²) in [5, 5.41) is 4.04. The van der Waals surface area contributed by atoms with Crippen molar-refractivity contribution in [2.75, 3.05) is 5.73 Å². The Balaban J connectivity index is 2.36. The van der Waals surface area contributed by atoms with Gasteiger partial charge >= 0.3 is 0 Å². The summed E-state index contributed by atoms with van der Waals surface area (Å²) >= 11 is 3.42. The topological polar surface area (TPSA) is 52.0 Å². The second-order valence-electron chi connectivity index (χ2n) is 3.98. The molecule has 2 rings (SSSR count). The minimum atomic E-state index is 0.401. The first-order valence-corrected chi connectivity index (χ1v) is 6.51. The van der Waals surface area contributed by atoms with Crippen molar-refractivity contribution in [3.05, 3.63) is 34.4 Å². The zero-order chi connectivity index (χ0) is 12.3. The van der Waals surface area contributed by atoms with E-state index < -0.39 is 0 Å². The van der Waals surface area contributed by atoms with Crippen LogP contribution in [0.3, 0.4) is 0 Å². The maximum atomic E-state index is 5.84. The van der Waals surface area contributed by atoms with Crippen LogP contribution in [0.5, 0.6) is 0 Å². The third-order valence-corrected chi connectivity index (χ3v) is 3.22. The minimum Gasteiger partial charge on any atom is -0.367 e. The Morgan fingerprint density at radius 1 is 1.29 bits per heavy atom. The second kappa shape index (κ2) is 5.36. The van der Waals surface area contributed by atoms with Crippen LogP contribution >= 0.6 is 15.9 Å². The number of nitrogens with two attached hydrogens (primary N) is 1. The van der Waals surface area contributed by atoms with Gasteiger partial charge in [-0.1, -0.05) is 46.6 Å². The lowest BCUT2D eigenvalue weighted by Crippen LogP contribution is -1.91. The number of hydrogen-bond donors (Lipinski definition) is 1. The largest absolute Gasteiger partial charge is 0.367 e. The number of benzene rings is 1. The summed E-state index contributed by atoms with van der Waals surface area (Å²) in [7, 11) is 0. The normalized spacial score (nSPS) is 10.7. The van der Waals surface area contributed by atoms with Gasteiger partial charge in [0, 0.05) is 4.47 Å². The fourth-order valence-electron chi connectivity index (χ4n) is 1.78. The molecule has 3 nitrogen and oxygen atoms in total. The van der Waals surface area contributed by atoms with Crippen LogP contribution in [-0.4, -0.2) is 5.16 Å². The Hall–Kier alpha value is -1.29. The molecule has 2 aromatic rings. The first-order chi connectivity index (χ1) is 8.22. The van der Waals surface area contributed by atoms with Crippen molar-refractivity contribution in [2.45, 2.75) is 26.2 Å². The molecule has 4 heteroatoms. The molecule has 17 heavy (non-hydrogen) atoms. The Kier molecular flexibility index (Phi) is 3.84. The second-order valence-corrected chi connectivity index (χ2v) is 4.89. The van der Waals surface area contributed by atoms with Crippen molar-refractivity contribution in [2.24, 2.45) is 0 Å². The Labute approximate surface area is 109 Å². The van der Waals surface area contributed by atoms with Crippen LogP contribution in [-0.2, 0) is 6.42 Å². The average Bonchev–Trinajstić information content (AvgIpc) is 2.69. The van der Waals surface area contributed by atoms with Crippen molar-refractivity contribution in [1.82, 2.24) is 5.16 Å². The molecule has 1 aromatic carbocycles. The van der Waals surface area contributed by atoms with Crippen molar-refractivity contribution in [3.8, 4) is 11.1 Å². The molecular weight excluding hydrogens is 280 g/mol. The highest BCUT2D eigenvalue weighted by molar-refractivity contribution is 9.10. The fraction of sp³-hybridized carbons (Fsp3) is 0.308. The lowest BCUT2D eigenvalue weighted by atomic mass is 10.0. The number of aromatic nitrogens is 1. The summed E-state index contributed by atoms with van der Waals surface area (Å²) < 4.78 is 6.14. The van der Waals surface area contributed by atoms with Gasteiger partial charge in [-0.25, -0.2) is 0 Å². The smallest absolute Gasteiger partial charge is 0.230 e. The zero-order valence-electron chi connectivity index (χ0n) is 9.74. The van der Waals surface area contributed by atoms with E-state index in [9.17, 15) is 0 Å². The Morgan fingerprint density at radius 3 is 2.65 bits per heavy atom. The average molecular weight is 295 g/mol. The quantitative estimate of drug-likeness (QED) is 0.926. The molecule has 0 aliphatic rings. The molecule has 0 radical (unpaired) electrons. The molecule has 0 fully saturated rings. The number of halogens is 1. The number of nitrogen functional groups attached to an aromatic ring is 1. The summed E-state index contributed by atoms with van der Waals surface area (Å²) in [5.74, 6) is 0.401. The Bertz CT molecular complexity index is 491. The number of anilines is 1. The highest BCUT2D eigenvalue weighted by atomic mass is 79.9. The van der Waals surface area contributed by atoms with E-state index >= 15 is 0 Å². The van der Waals surface area contributed by atoms with Crippen LogP contribution in [0, 0.1) is 0 Å². The van der Waals surface area contributed by atoms with Gasteiger partial charge in [0.05, 0.1) is 11.3 Å². The van der Waals surface area contributed by atoms with Crippen molar-refractivity contribution in [1.29, 1.82) is 0 Å². The third kappa shape index (κ3) is 2.69. The monoisotopic (exact) mass is 294 g/mol. The van der Waals surface area contributed by atoms with E-state index in [0.717, 1.165) is 40.6 Å². The van der Waals surface area contributed by atoms with E-state index in [0.29, 0.717) is 5.88 Å². The highest BCUT2D eigenvalue weighted by Gasteiger charge is 2.14. The number of unbranched alkanes of at least 4 members (excludes halogenated alkanes) is 1. The summed E-state index contributed by atoms with van der Waals surface area (Å²) in [6.07, 6.45) is 3.13. The van der Waals surface area contributed by atoms with Crippen LogP contribution in [0.1, 0.15) is 25.5 Å². The van der Waals surface area contributed by atoms with Crippen LogP contribution in [0.15, 0.2) is 33.3 Å². The highest BCUT2D eigenvalue weighted by Crippen LogP contribution is 2.31. The predicted molar refractivity (Wildman–Crippen MR) is 72.7 cm³/mol. The first kappa shape index (κ1) is 12.2. The van der Waals surface area contributed by atoms with Crippen molar-refractivity contribution in [3.63, 3.8) is 0 Å². The summed E-state index contributed by atoms with van der Waals surface area (Å²) in [6.45, 7) is 2.16. The maximum Gasteiger partial charge on any atom is 0.230 e. The molecular formula is C13H15BrN2O. The summed E-state index contributed by atoms with van der Waals surface area (Å²) in [5.41, 5.74) is 8.78. The third-order valence-electron chi connectivity index (χ3n) is 2.69. The molecule has 90 valence electrons. The molecule has 0 aliphatic carbocycles. The fourth-order valence-corrected chi connectivity index (χ4v) is 2.04. The van der Waals surface area contributed by atoms with Crippen molar-refractivity contribution < 1.29 is 4.52 Å². The van der Waals surface area contributed by atoms with Gasteiger partial charge in [0.15, 0.2) is 0 Å². The number of aryl methyl sites for hydroxylation is 1. The number of rotatable bonds is 4. The molecule has 0 atom stereocenters. The minimum absolute atomic E-state index is 0.401. The SMILES string of the molecule is CCCCc1noc(N)c1-c1ccc(Br)cc1. The van der Waals surface area contributed by atoms with E-state index in [-0.39, 0.29) is 0 Å². The molecule has 1 heterocycles. The van der Waals surface area contributed by atoms with E-state index in [1.807, 2.05) is 24.3 Å². The van der Waals surface area contributed by atoms with Crippen molar-refractivity contribution >= 4 is 21.8 Å². The summed E-state index contributed by atoms with van der Waals surface area (Å²) in [6, 6.07) is 8.02. The van der Waals surface area contributed by atoms with Gasteiger partial charge in [-0.05, 0) is 30.5 Å². The zero-order valence-corrected chi connectivity index (χ0v) is 11.3. The molecule has 0 spiro atoms. The van der Waals surface area contributed by atoms with Crippen LogP contribution in [0.25, 0.3) is 11.1 Å². The van der Waals surface area contributed by atoms with Gasteiger partial charge in [0.1, 0.15) is 0 Å². The molecule has 0 unspecified atom stereocenters. The van der Waals surface area contributed by atoms with Crippen LogP contribution in [0.2, 0.25) is 0 Å². The lowest BCUT2D eigenvalue weighted by Gasteiger charge is -2.02. The van der Waals surface area contributed by atoms with E-state index in [4.69, 9.17) is 10.3 Å². The maximum absolute atomic E-state index is 5.84. The number of hydrogen-bond acceptors (Lipinski definition) is 3. The van der Waals surface area contributed by atoms with Gasteiger partial charge in [0.2, 0.25) is 5.88 Å². The molecule has 1 aromatic heterocycles. The van der Waals surface area contributed by atoms with Crippen LogP contribution < -0.4 is 5.73 Å². The molecule has 0 saturated heterocycles. The summed E-state index contributed by atoms with van der Waals surface area (Å²) in [4.78, 5) is 0. The van der Waals surface area contributed by atoms with Gasteiger partial charge in [-0.15, -0.1) is 0 Å². The molecule has 0 amide bonds. The standard InChI is InChI=1S/C13H15BrN2O/c1-2-3-4-11-12(13(15)17-16-11)9-5-7-10(14)8-6-9/h5-8H,2-4,15H2,1H3. The first-order valence-electron chi connectivity index (χ1n) is 5.72.